The number of esters is 1. The normalized spacial score (nSPS) is 11.1. The van der Waals surface area contributed by atoms with Crippen LogP contribution in [0, 0.1) is 0 Å². The summed E-state index contributed by atoms with van der Waals surface area (Å²) >= 11 is 0. The van der Waals surface area contributed by atoms with Crippen molar-refractivity contribution in [1.82, 2.24) is 0 Å². The van der Waals surface area contributed by atoms with Crippen LogP contribution in [0.1, 0.15) is 174 Å². The highest BCUT2D eigenvalue weighted by molar-refractivity contribution is 5.69. The number of carboxylic acids is 1. The SMILES string of the molecule is CCCCCCCCCCCCCC(=O)OCCCCCCCCCCCCCCCC(=O)O. The van der Waals surface area contributed by atoms with Gasteiger partial charge in [-0.2, -0.15) is 0 Å². The Labute approximate surface area is 212 Å². The van der Waals surface area contributed by atoms with Gasteiger partial charge in [-0.25, -0.2) is 0 Å². The zero-order valence-corrected chi connectivity index (χ0v) is 22.8. The van der Waals surface area contributed by atoms with E-state index in [4.69, 9.17) is 9.84 Å². The summed E-state index contributed by atoms with van der Waals surface area (Å²) in [6, 6.07) is 0. The Hall–Kier alpha value is -1.06. The first-order valence-electron chi connectivity index (χ1n) is 15.0. The zero-order chi connectivity index (χ0) is 25.0. The van der Waals surface area contributed by atoms with Crippen LogP contribution in [-0.4, -0.2) is 23.7 Å². The Morgan fingerprint density at radius 3 is 1.18 bits per heavy atom. The maximum absolute atomic E-state index is 11.8. The van der Waals surface area contributed by atoms with Crippen molar-refractivity contribution in [3.63, 3.8) is 0 Å². The number of aliphatic carboxylic acids is 1. The van der Waals surface area contributed by atoms with Gasteiger partial charge >= 0.3 is 11.9 Å². The van der Waals surface area contributed by atoms with Crippen molar-refractivity contribution in [1.29, 1.82) is 0 Å². The number of carboxylic acid groups (broad SMARTS) is 1. The lowest BCUT2D eigenvalue weighted by molar-refractivity contribution is -0.144. The molecule has 0 aliphatic heterocycles. The van der Waals surface area contributed by atoms with Crippen molar-refractivity contribution in [2.75, 3.05) is 6.61 Å². The Morgan fingerprint density at radius 2 is 0.794 bits per heavy atom. The van der Waals surface area contributed by atoms with E-state index in [1.165, 1.54) is 122 Å². The Kier molecular flexibility index (Phi) is 27.3. The molecule has 0 aromatic heterocycles. The molecule has 4 nitrogen and oxygen atoms in total. The van der Waals surface area contributed by atoms with E-state index >= 15 is 0 Å². The van der Waals surface area contributed by atoms with Crippen molar-refractivity contribution in [3.8, 4) is 0 Å². The van der Waals surface area contributed by atoms with Crippen molar-refractivity contribution in [2.45, 2.75) is 174 Å². The number of carbonyl (C=O) groups excluding carboxylic acids is 1. The molecule has 0 aromatic carbocycles. The molecule has 202 valence electrons. The van der Waals surface area contributed by atoms with Crippen LogP contribution < -0.4 is 0 Å². The second kappa shape index (κ2) is 28.2. The van der Waals surface area contributed by atoms with E-state index in [0.717, 1.165) is 32.1 Å². The summed E-state index contributed by atoms with van der Waals surface area (Å²) in [4.78, 5) is 22.3. The summed E-state index contributed by atoms with van der Waals surface area (Å²) in [5.74, 6) is -0.673. The third-order valence-electron chi connectivity index (χ3n) is 6.78. The molecular weight excluding hydrogens is 424 g/mol. The van der Waals surface area contributed by atoms with Gasteiger partial charge in [0.05, 0.1) is 6.61 Å². The number of rotatable bonds is 28. The molecule has 0 aliphatic carbocycles. The molecule has 0 bridgehead atoms. The number of hydrogen-bond donors (Lipinski definition) is 1. The van der Waals surface area contributed by atoms with E-state index in [1.54, 1.807) is 0 Å². The van der Waals surface area contributed by atoms with Gasteiger partial charge in [0.1, 0.15) is 0 Å². The summed E-state index contributed by atoms with van der Waals surface area (Å²) in [5, 5.41) is 8.60. The lowest BCUT2D eigenvalue weighted by Gasteiger charge is -2.06. The monoisotopic (exact) mass is 482 g/mol. The van der Waals surface area contributed by atoms with E-state index in [1.807, 2.05) is 0 Å². The van der Waals surface area contributed by atoms with Gasteiger partial charge in [-0.3, -0.25) is 9.59 Å². The minimum absolute atomic E-state index is 0.00203. The van der Waals surface area contributed by atoms with Crippen LogP contribution in [0.2, 0.25) is 0 Å². The maximum Gasteiger partial charge on any atom is 0.305 e. The van der Waals surface area contributed by atoms with Gasteiger partial charge in [-0.15, -0.1) is 0 Å². The first kappa shape index (κ1) is 32.9. The van der Waals surface area contributed by atoms with Gasteiger partial charge in [-0.05, 0) is 19.3 Å². The molecule has 4 heteroatoms. The van der Waals surface area contributed by atoms with Gasteiger partial charge in [0.2, 0.25) is 0 Å². The van der Waals surface area contributed by atoms with Crippen molar-refractivity contribution < 1.29 is 19.4 Å². The Bertz CT molecular complexity index is 436. The molecule has 0 saturated carbocycles. The van der Waals surface area contributed by atoms with Crippen LogP contribution in [0.3, 0.4) is 0 Å². The predicted molar refractivity (Wildman–Crippen MR) is 144 cm³/mol. The van der Waals surface area contributed by atoms with E-state index in [-0.39, 0.29) is 5.97 Å². The lowest BCUT2D eigenvalue weighted by Crippen LogP contribution is -2.05. The van der Waals surface area contributed by atoms with E-state index in [0.29, 0.717) is 19.4 Å². The van der Waals surface area contributed by atoms with Crippen LogP contribution in [0.4, 0.5) is 0 Å². The molecule has 34 heavy (non-hydrogen) atoms. The fourth-order valence-corrected chi connectivity index (χ4v) is 4.51. The highest BCUT2D eigenvalue weighted by atomic mass is 16.5. The summed E-state index contributed by atoms with van der Waals surface area (Å²) in [7, 11) is 0. The second-order valence-corrected chi connectivity index (χ2v) is 10.2. The van der Waals surface area contributed by atoms with Gasteiger partial charge in [0.25, 0.3) is 0 Å². The van der Waals surface area contributed by atoms with Crippen LogP contribution in [0.25, 0.3) is 0 Å². The molecule has 0 saturated heterocycles. The molecular formula is C30H58O4. The first-order chi connectivity index (χ1) is 16.7. The van der Waals surface area contributed by atoms with Crippen LogP contribution in [-0.2, 0) is 14.3 Å². The summed E-state index contributed by atoms with van der Waals surface area (Å²) in [5.41, 5.74) is 0. The summed E-state index contributed by atoms with van der Waals surface area (Å²) in [6.45, 7) is 2.87. The van der Waals surface area contributed by atoms with Crippen molar-refractivity contribution in [3.05, 3.63) is 0 Å². The zero-order valence-electron chi connectivity index (χ0n) is 22.8. The molecule has 0 atom stereocenters. The van der Waals surface area contributed by atoms with Crippen molar-refractivity contribution >= 4 is 11.9 Å². The molecule has 0 fully saturated rings. The molecule has 0 heterocycles. The third-order valence-corrected chi connectivity index (χ3v) is 6.78. The molecule has 0 spiro atoms. The van der Waals surface area contributed by atoms with Crippen LogP contribution in [0.15, 0.2) is 0 Å². The minimum Gasteiger partial charge on any atom is -0.481 e. The molecule has 0 amide bonds. The Morgan fingerprint density at radius 1 is 0.471 bits per heavy atom. The number of carbonyl (C=O) groups is 2. The topological polar surface area (TPSA) is 63.6 Å². The number of ether oxygens (including phenoxy) is 1. The van der Waals surface area contributed by atoms with Crippen LogP contribution >= 0.6 is 0 Å². The van der Waals surface area contributed by atoms with Crippen LogP contribution in [0.5, 0.6) is 0 Å². The van der Waals surface area contributed by atoms with E-state index in [9.17, 15) is 9.59 Å². The fourth-order valence-electron chi connectivity index (χ4n) is 4.51. The third kappa shape index (κ3) is 29.0. The Balaban J connectivity index is 3.15. The highest BCUT2D eigenvalue weighted by Gasteiger charge is 2.03. The molecule has 0 radical (unpaired) electrons. The van der Waals surface area contributed by atoms with Gasteiger partial charge in [0, 0.05) is 12.8 Å². The molecule has 0 unspecified atom stereocenters. The van der Waals surface area contributed by atoms with Gasteiger partial charge in [-0.1, -0.05) is 142 Å². The van der Waals surface area contributed by atoms with Gasteiger partial charge < -0.3 is 9.84 Å². The number of unbranched alkanes of at least 4 members (excludes halogenated alkanes) is 22. The summed E-state index contributed by atoms with van der Waals surface area (Å²) < 4.78 is 5.38. The second-order valence-electron chi connectivity index (χ2n) is 10.2. The van der Waals surface area contributed by atoms with Gasteiger partial charge in [0.15, 0.2) is 0 Å². The van der Waals surface area contributed by atoms with Crippen molar-refractivity contribution in [2.24, 2.45) is 0 Å². The summed E-state index contributed by atoms with van der Waals surface area (Å²) in [6.07, 6.45) is 30.9. The lowest BCUT2D eigenvalue weighted by atomic mass is 10.0. The minimum atomic E-state index is -0.671. The average Bonchev–Trinajstić information content (AvgIpc) is 2.82. The highest BCUT2D eigenvalue weighted by Crippen LogP contribution is 2.14. The average molecular weight is 483 g/mol. The number of hydrogen-bond acceptors (Lipinski definition) is 3. The largest absolute Gasteiger partial charge is 0.481 e. The van der Waals surface area contributed by atoms with E-state index < -0.39 is 5.97 Å². The predicted octanol–water partition coefficient (Wildman–Crippen LogP) is 9.78. The molecule has 1 N–H and O–H groups in total. The fraction of sp³-hybridized carbons (Fsp3) is 0.933. The maximum atomic E-state index is 11.8. The molecule has 0 aliphatic rings. The standard InChI is InChI=1S/C30H58O4/c1-2-3-4-5-6-7-11-15-18-21-24-27-30(33)34-28-25-22-19-16-13-10-8-9-12-14-17-20-23-26-29(31)32/h2-28H2,1H3,(H,31,32). The quantitative estimate of drug-likeness (QED) is 0.0890. The first-order valence-corrected chi connectivity index (χ1v) is 15.0. The van der Waals surface area contributed by atoms with E-state index in [2.05, 4.69) is 6.92 Å². The smallest absolute Gasteiger partial charge is 0.305 e. The molecule has 0 aromatic rings. The molecule has 0 rings (SSSR count).